The van der Waals surface area contributed by atoms with Gasteiger partial charge in [-0.2, -0.15) is 0 Å². The normalized spacial score (nSPS) is 31.1. The van der Waals surface area contributed by atoms with Gasteiger partial charge in [-0.15, -0.1) is 0 Å². The van der Waals surface area contributed by atoms with Gasteiger partial charge in [0.25, 0.3) is 0 Å². The predicted molar refractivity (Wildman–Crippen MR) is 66.4 cm³/mol. The summed E-state index contributed by atoms with van der Waals surface area (Å²) in [4.78, 5) is 0. The van der Waals surface area contributed by atoms with Gasteiger partial charge in [-0.05, 0) is 25.8 Å². The smallest absolute Gasteiger partial charge is 0.169 e. The van der Waals surface area contributed by atoms with Crippen molar-refractivity contribution in [3.8, 4) is 0 Å². The van der Waals surface area contributed by atoms with Crippen LogP contribution in [-0.2, 0) is 9.47 Å². The zero-order valence-corrected chi connectivity index (χ0v) is 10.2. The van der Waals surface area contributed by atoms with Gasteiger partial charge in [0.15, 0.2) is 5.79 Å². The van der Waals surface area contributed by atoms with E-state index in [2.05, 4.69) is 6.92 Å². The maximum absolute atomic E-state index is 6.19. The van der Waals surface area contributed by atoms with Crippen LogP contribution in [0.1, 0.15) is 44.3 Å². The first-order chi connectivity index (χ1) is 8.20. The standard InChI is InChI=1S/C14H19NO2/c1-10-13(11-6-2-3-7-12(11)15)17-14(16-10)8-4-5-9-14/h2-3,6-7,10,13H,4-5,8-9,15H2,1H3/t10-,13+/m0/s1. The van der Waals surface area contributed by atoms with E-state index in [9.17, 15) is 0 Å². The molecule has 1 aliphatic heterocycles. The van der Waals surface area contributed by atoms with E-state index in [1.54, 1.807) is 0 Å². The molecule has 3 heteroatoms. The molecule has 1 heterocycles. The number of benzene rings is 1. The number of nitrogen functional groups attached to an aromatic ring is 1. The molecule has 92 valence electrons. The second kappa shape index (κ2) is 4.00. The van der Waals surface area contributed by atoms with Gasteiger partial charge in [0.05, 0.1) is 6.10 Å². The second-order valence-electron chi connectivity index (χ2n) is 5.11. The van der Waals surface area contributed by atoms with Gasteiger partial charge in [-0.3, -0.25) is 0 Å². The largest absolute Gasteiger partial charge is 0.398 e. The Bertz CT molecular complexity index is 412. The van der Waals surface area contributed by atoms with E-state index in [1.807, 2.05) is 24.3 Å². The van der Waals surface area contributed by atoms with Crippen molar-refractivity contribution in [3.05, 3.63) is 29.8 Å². The first-order valence-corrected chi connectivity index (χ1v) is 6.40. The monoisotopic (exact) mass is 233 g/mol. The van der Waals surface area contributed by atoms with Gasteiger partial charge in [0.1, 0.15) is 6.10 Å². The van der Waals surface area contributed by atoms with Crippen LogP contribution in [0.4, 0.5) is 5.69 Å². The fraction of sp³-hybridized carbons (Fsp3) is 0.571. The zero-order chi connectivity index (χ0) is 11.9. The van der Waals surface area contributed by atoms with E-state index >= 15 is 0 Å². The van der Waals surface area contributed by atoms with Crippen molar-refractivity contribution in [2.45, 2.75) is 50.6 Å². The first-order valence-electron chi connectivity index (χ1n) is 6.40. The van der Waals surface area contributed by atoms with Gasteiger partial charge in [0, 0.05) is 24.1 Å². The fourth-order valence-electron chi connectivity index (χ4n) is 2.99. The SMILES string of the molecule is C[C@@H]1OC2(CCCC2)O[C@H]1c1ccccc1N. The van der Waals surface area contributed by atoms with Crippen LogP contribution >= 0.6 is 0 Å². The van der Waals surface area contributed by atoms with Gasteiger partial charge in [-0.1, -0.05) is 18.2 Å². The van der Waals surface area contributed by atoms with E-state index < -0.39 is 0 Å². The number of rotatable bonds is 1. The Balaban J connectivity index is 1.87. The van der Waals surface area contributed by atoms with Gasteiger partial charge < -0.3 is 15.2 Å². The number of para-hydroxylation sites is 1. The molecule has 1 saturated carbocycles. The zero-order valence-electron chi connectivity index (χ0n) is 10.2. The summed E-state index contributed by atoms with van der Waals surface area (Å²) in [5.41, 5.74) is 7.87. The van der Waals surface area contributed by atoms with E-state index in [0.717, 1.165) is 24.1 Å². The molecule has 2 fully saturated rings. The van der Waals surface area contributed by atoms with Crippen LogP contribution in [-0.4, -0.2) is 11.9 Å². The van der Waals surface area contributed by atoms with Crippen molar-refractivity contribution >= 4 is 5.69 Å². The van der Waals surface area contributed by atoms with Crippen LogP contribution < -0.4 is 5.73 Å². The molecule has 2 atom stereocenters. The Morgan fingerprint density at radius 3 is 2.59 bits per heavy atom. The van der Waals surface area contributed by atoms with Crippen molar-refractivity contribution in [3.63, 3.8) is 0 Å². The minimum absolute atomic E-state index is 0.0192. The lowest BCUT2D eigenvalue weighted by Crippen LogP contribution is -2.26. The van der Waals surface area contributed by atoms with E-state index in [-0.39, 0.29) is 18.0 Å². The third-order valence-electron chi connectivity index (χ3n) is 3.84. The summed E-state index contributed by atoms with van der Waals surface area (Å²) < 4.78 is 12.2. The lowest BCUT2D eigenvalue weighted by molar-refractivity contribution is -0.168. The minimum atomic E-state index is -0.327. The number of ether oxygens (including phenoxy) is 2. The molecule has 0 unspecified atom stereocenters. The highest BCUT2D eigenvalue weighted by molar-refractivity contribution is 5.48. The lowest BCUT2D eigenvalue weighted by Gasteiger charge is -2.22. The number of anilines is 1. The van der Waals surface area contributed by atoms with Crippen LogP contribution in [0, 0.1) is 0 Å². The van der Waals surface area contributed by atoms with Crippen LogP contribution in [0.3, 0.4) is 0 Å². The maximum Gasteiger partial charge on any atom is 0.169 e. The fourth-order valence-corrected chi connectivity index (χ4v) is 2.99. The van der Waals surface area contributed by atoms with Crippen LogP contribution in [0.25, 0.3) is 0 Å². The van der Waals surface area contributed by atoms with Crippen LogP contribution in [0.2, 0.25) is 0 Å². The van der Waals surface area contributed by atoms with Crippen molar-refractivity contribution in [2.75, 3.05) is 5.73 Å². The molecule has 0 radical (unpaired) electrons. The molecule has 1 saturated heterocycles. The van der Waals surface area contributed by atoms with Crippen molar-refractivity contribution in [1.29, 1.82) is 0 Å². The third kappa shape index (κ3) is 1.83. The summed E-state index contributed by atoms with van der Waals surface area (Å²) in [5.74, 6) is -0.327. The molecule has 2 N–H and O–H groups in total. The first kappa shape index (κ1) is 11.1. The molecule has 1 aromatic carbocycles. The summed E-state index contributed by atoms with van der Waals surface area (Å²) in [5, 5.41) is 0. The molecular weight excluding hydrogens is 214 g/mol. The Morgan fingerprint density at radius 1 is 1.18 bits per heavy atom. The minimum Gasteiger partial charge on any atom is -0.398 e. The maximum atomic E-state index is 6.19. The summed E-state index contributed by atoms with van der Waals surface area (Å²) in [6.07, 6.45) is 4.49. The molecule has 17 heavy (non-hydrogen) atoms. The summed E-state index contributed by atoms with van der Waals surface area (Å²) in [7, 11) is 0. The number of nitrogens with two attached hydrogens (primary N) is 1. The topological polar surface area (TPSA) is 44.5 Å². The summed E-state index contributed by atoms with van der Waals surface area (Å²) in [6.45, 7) is 2.07. The predicted octanol–water partition coefficient (Wildman–Crippen LogP) is 3.02. The van der Waals surface area contributed by atoms with Gasteiger partial charge in [0.2, 0.25) is 0 Å². The van der Waals surface area contributed by atoms with Gasteiger partial charge >= 0.3 is 0 Å². The highest BCUT2D eigenvalue weighted by Gasteiger charge is 2.48. The van der Waals surface area contributed by atoms with Crippen molar-refractivity contribution < 1.29 is 9.47 Å². The number of hydrogen-bond donors (Lipinski definition) is 1. The van der Waals surface area contributed by atoms with Crippen LogP contribution in [0.15, 0.2) is 24.3 Å². The highest BCUT2D eigenvalue weighted by atomic mass is 16.8. The average molecular weight is 233 g/mol. The molecular formula is C14H19NO2. The van der Waals surface area contributed by atoms with Crippen molar-refractivity contribution in [1.82, 2.24) is 0 Å². The Hall–Kier alpha value is -1.06. The molecule has 1 spiro atoms. The molecule has 0 aromatic heterocycles. The lowest BCUT2D eigenvalue weighted by atomic mass is 10.0. The van der Waals surface area contributed by atoms with E-state index in [1.165, 1.54) is 12.8 Å². The van der Waals surface area contributed by atoms with Crippen LogP contribution in [0.5, 0.6) is 0 Å². The highest BCUT2D eigenvalue weighted by Crippen LogP contribution is 2.47. The van der Waals surface area contributed by atoms with Gasteiger partial charge in [-0.25, -0.2) is 0 Å². The molecule has 0 amide bonds. The quantitative estimate of drug-likeness (QED) is 0.758. The van der Waals surface area contributed by atoms with Crippen molar-refractivity contribution in [2.24, 2.45) is 0 Å². The molecule has 2 aliphatic rings. The molecule has 0 bridgehead atoms. The Morgan fingerprint density at radius 2 is 1.88 bits per heavy atom. The molecule has 1 aliphatic carbocycles. The van der Waals surface area contributed by atoms with E-state index in [4.69, 9.17) is 15.2 Å². The third-order valence-corrected chi connectivity index (χ3v) is 3.84. The summed E-state index contributed by atoms with van der Waals surface area (Å²) in [6, 6.07) is 7.91. The summed E-state index contributed by atoms with van der Waals surface area (Å²) >= 11 is 0. The average Bonchev–Trinajstić information content (AvgIpc) is 2.88. The number of hydrogen-bond acceptors (Lipinski definition) is 3. The second-order valence-corrected chi connectivity index (χ2v) is 5.11. The molecule has 3 nitrogen and oxygen atoms in total. The van der Waals surface area contributed by atoms with E-state index in [0.29, 0.717) is 0 Å². The Kier molecular flexibility index (Phi) is 2.60. The molecule has 3 rings (SSSR count). The Labute approximate surface area is 102 Å². The molecule has 1 aromatic rings.